The number of hydrogen-bond acceptors (Lipinski definition) is 3. The monoisotopic (exact) mass is 476 g/mol. The van der Waals surface area contributed by atoms with Crippen molar-refractivity contribution in [1.82, 2.24) is 10.6 Å². The van der Waals surface area contributed by atoms with E-state index < -0.39 is 35.7 Å². The summed E-state index contributed by atoms with van der Waals surface area (Å²) in [7, 11) is 0. The van der Waals surface area contributed by atoms with E-state index in [4.69, 9.17) is 11.6 Å². The first-order chi connectivity index (χ1) is 13.0. The molecule has 2 aromatic carbocycles. The third-order valence-corrected chi connectivity index (χ3v) is 5.23. The smallest absolute Gasteiger partial charge is 0.363 e. The fourth-order valence-electron chi connectivity index (χ4n) is 3.08. The van der Waals surface area contributed by atoms with Crippen molar-refractivity contribution in [3.05, 3.63) is 69.2 Å². The Morgan fingerprint density at radius 2 is 1.68 bits per heavy atom. The highest BCUT2D eigenvalue weighted by Crippen LogP contribution is 2.44. The van der Waals surface area contributed by atoms with Gasteiger partial charge < -0.3 is 15.7 Å². The summed E-state index contributed by atoms with van der Waals surface area (Å²) in [6, 6.07) is 8.59. The molecule has 0 aliphatic carbocycles. The van der Waals surface area contributed by atoms with Crippen LogP contribution in [-0.4, -0.2) is 28.8 Å². The van der Waals surface area contributed by atoms with E-state index in [1.54, 1.807) is 12.1 Å². The highest BCUT2D eigenvalue weighted by Gasteiger charge is 2.66. The Balaban J connectivity index is 2.15. The quantitative estimate of drug-likeness (QED) is 0.580. The van der Waals surface area contributed by atoms with Crippen LogP contribution in [0.4, 0.5) is 18.0 Å². The van der Waals surface area contributed by atoms with Crippen LogP contribution in [0.1, 0.15) is 22.0 Å². The summed E-state index contributed by atoms with van der Waals surface area (Å²) in [5.74, 6) is -3.08. The lowest BCUT2D eigenvalue weighted by atomic mass is 9.77. The number of aliphatic hydroxyl groups is 1. The average molecular weight is 478 g/mol. The Bertz CT molecular complexity index is 906. The summed E-state index contributed by atoms with van der Waals surface area (Å²) in [4.78, 5) is 24.9. The van der Waals surface area contributed by atoms with Gasteiger partial charge in [-0.1, -0.05) is 39.7 Å². The van der Waals surface area contributed by atoms with Gasteiger partial charge in [-0.2, -0.15) is 13.2 Å². The van der Waals surface area contributed by atoms with E-state index in [9.17, 15) is 27.9 Å². The number of Topliss-reactive ketones (excluding diaryl/α,β-unsaturated/α-hetero) is 1. The molecule has 0 bridgehead atoms. The van der Waals surface area contributed by atoms with Crippen molar-refractivity contribution < 1.29 is 27.9 Å². The molecule has 5 nitrogen and oxygen atoms in total. The molecule has 3 atom stereocenters. The lowest BCUT2D eigenvalue weighted by Gasteiger charge is -2.45. The van der Waals surface area contributed by atoms with Crippen LogP contribution in [0, 0.1) is 5.92 Å². The predicted molar refractivity (Wildman–Crippen MR) is 98.8 cm³/mol. The minimum Gasteiger partial charge on any atom is -0.363 e. The van der Waals surface area contributed by atoms with E-state index >= 15 is 0 Å². The molecule has 2 amide bonds. The molecule has 0 radical (unpaired) electrons. The van der Waals surface area contributed by atoms with Gasteiger partial charge in [-0.3, -0.25) is 4.79 Å². The van der Waals surface area contributed by atoms with Crippen LogP contribution < -0.4 is 10.6 Å². The van der Waals surface area contributed by atoms with E-state index in [1.165, 1.54) is 41.7 Å². The number of ketones is 1. The first-order valence-corrected chi connectivity index (χ1v) is 9.13. The normalized spacial score (nSPS) is 25.0. The first-order valence-electron chi connectivity index (χ1n) is 7.96. The molecule has 1 saturated heterocycles. The maximum absolute atomic E-state index is 13.8. The topological polar surface area (TPSA) is 78.4 Å². The molecule has 2 aromatic rings. The summed E-state index contributed by atoms with van der Waals surface area (Å²) in [5.41, 5.74) is -3.62. The van der Waals surface area contributed by atoms with Crippen LogP contribution in [0.2, 0.25) is 5.02 Å². The molecule has 1 aliphatic heterocycles. The fraction of sp³-hybridized carbons (Fsp3) is 0.222. The number of urea groups is 1. The third-order valence-electron chi connectivity index (χ3n) is 4.45. The summed E-state index contributed by atoms with van der Waals surface area (Å²) in [5, 5.41) is 14.6. The van der Waals surface area contributed by atoms with Crippen LogP contribution in [0.5, 0.6) is 0 Å². The highest BCUT2D eigenvalue weighted by atomic mass is 79.9. The Morgan fingerprint density at radius 1 is 1.11 bits per heavy atom. The van der Waals surface area contributed by atoms with Crippen LogP contribution in [-0.2, 0) is 0 Å². The SMILES string of the molecule is O=C1N[C@@H](c2ccc(Br)cc2)[C@H](C(=O)c2ccc(Cl)cc2)[C@@](O)(C(F)(F)F)N1. The van der Waals surface area contributed by atoms with Crippen molar-refractivity contribution in [2.45, 2.75) is 17.9 Å². The number of amides is 2. The fourth-order valence-corrected chi connectivity index (χ4v) is 3.47. The molecule has 0 unspecified atom stereocenters. The maximum Gasteiger partial charge on any atom is 0.437 e. The summed E-state index contributed by atoms with van der Waals surface area (Å²) >= 11 is 8.99. The van der Waals surface area contributed by atoms with Crippen LogP contribution in [0.15, 0.2) is 53.0 Å². The number of benzene rings is 2. The zero-order valence-electron chi connectivity index (χ0n) is 13.9. The number of alkyl halides is 3. The van der Waals surface area contributed by atoms with Gasteiger partial charge in [-0.05, 0) is 42.0 Å². The molecule has 0 spiro atoms. The Hall–Kier alpha value is -2.10. The number of carbonyl (C=O) groups excluding carboxylic acids is 2. The van der Waals surface area contributed by atoms with Crippen molar-refractivity contribution in [3.63, 3.8) is 0 Å². The van der Waals surface area contributed by atoms with E-state index in [0.717, 1.165) is 0 Å². The number of carbonyl (C=O) groups is 2. The van der Waals surface area contributed by atoms with Gasteiger partial charge in [0.05, 0.1) is 6.04 Å². The van der Waals surface area contributed by atoms with Crippen molar-refractivity contribution >= 4 is 39.3 Å². The minimum atomic E-state index is -5.30. The van der Waals surface area contributed by atoms with Gasteiger partial charge in [0, 0.05) is 15.1 Å². The average Bonchev–Trinajstić information content (AvgIpc) is 2.61. The number of rotatable bonds is 3. The largest absolute Gasteiger partial charge is 0.437 e. The standard InChI is InChI=1S/C18H13BrClF3N2O3/c19-11-5-1-9(2-6-11)14-13(15(26)10-3-7-12(20)8-4-10)17(28,18(21,22)23)25-16(27)24-14/h1-8,13-14,28H,(H2,24,25,27)/t13-,14+,17-/m1/s1. The molecule has 0 aromatic heterocycles. The van der Waals surface area contributed by atoms with Gasteiger partial charge in [-0.15, -0.1) is 0 Å². The molecule has 3 N–H and O–H groups in total. The zero-order valence-corrected chi connectivity index (χ0v) is 16.3. The van der Waals surface area contributed by atoms with Gasteiger partial charge in [-0.25, -0.2) is 4.79 Å². The summed E-state index contributed by atoms with van der Waals surface area (Å²) in [6.45, 7) is 0. The first kappa shape index (κ1) is 20.6. The van der Waals surface area contributed by atoms with Crippen LogP contribution in [0.25, 0.3) is 0 Å². The summed E-state index contributed by atoms with van der Waals surface area (Å²) in [6.07, 6.45) is -5.30. The predicted octanol–water partition coefficient (Wildman–Crippen LogP) is 4.21. The molecule has 148 valence electrons. The minimum absolute atomic E-state index is 0.0860. The second kappa shape index (κ2) is 7.38. The Labute approximate surface area is 171 Å². The molecule has 28 heavy (non-hydrogen) atoms. The van der Waals surface area contributed by atoms with Gasteiger partial charge in [0.15, 0.2) is 5.78 Å². The second-order valence-electron chi connectivity index (χ2n) is 6.24. The van der Waals surface area contributed by atoms with Crippen molar-refractivity contribution in [3.8, 4) is 0 Å². The summed E-state index contributed by atoms with van der Waals surface area (Å²) < 4.78 is 42.0. The van der Waals surface area contributed by atoms with Crippen LogP contribution >= 0.6 is 27.5 Å². The molecule has 1 fully saturated rings. The van der Waals surface area contributed by atoms with Gasteiger partial charge in [0.2, 0.25) is 5.72 Å². The van der Waals surface area contributed by atoms with Crippen molar-refractivity contribution in [2.75, 3.05) is 0 Å². The molecular weight excluding hydrogens is 465 g/mol. The van der Waals surface area contributed by atoms with Crippen molar-refractivity contribution in [2.24, 2.45) is 5.92 Å². The molecule has 1 heterocycles. The molecule has 3 rings (SSSR count). The van der Waals surface area contributed by atoms with Crippen molar-refractivity contribution in [1.29, 1.82) is 0 Å². The second-order valence-corrected chi connectivity index (χ2v) is 7.59. The van der Waals surface area contributed by atoms with E-state index in [2.05, 4.69) is 21.2 Å². The molecular formula is C18H13BrClF3N2O3. The van der Waals surface area contributed by atoms with E-state index in [0.29, 0.717) is 9.50 Å². The van der Waals surface area contributed by atoms with E-state index in [-0.39, 0.29) is 11.1 Å². The van der Waals surface area contributed by atoms with E-state index in [1.807, 2.05) is 0 Å². The third kappa shape index (κ3) is 3.74. The Kier molecular flexibility index (Phi) is 5.44. The molecule has 10 heteroatoms. The molecule has 1 aliphatic rings. The molecule has 0 saturated carbocycles. The number of hydrogen-bond donors (Lipinski definition) is 3. The zero-order chi connectivity index (χ0) is 20.7. The Morgan fingerprint density at radius 3 is 2.21 bits per heavy atom. The van der Waals surface area contributed by atoms with Crippen LogP contribution in [0.3, 0.4) is 0 Å². The number of nitrogens with one attached hydrogen (secondary N) is 2. The lowest BCUT2D eigenvalue weighted by Crippen LogP contribution is -2.72. The maximum atomic E-state index is 13.8. The van der Waals surface area contributed by atoms with Gasteiger partial charge in [0.1, 0.15) is 5.92 Å². The lowest BCUT2D eigenvalue weighted by molar-refractivity contribution is -0.287. The van der Waals surface area contributed by atoms with Gasteiger partial charge >= 0.3 is 12.2 Å². The number of halogens is 5. The van der Waals surface area contributed by atoms with Gasteiger partial charge in [0.25, 0.3) is 0 Å². The highest BCUT2D eigenvalue weighted by molar-refractivity contribution is 9.10.